The first-order valence-corrected chi connectivity index (χ1v) is 10.7. The van der Waals surface area contributed by atoms with Crippen LogP contribution in [0.25, 0.3) is 0 Å². The average Bonchev–Trinajstić information content (AvgIpc) is 2.64. The molecule has 1 aromatic carbocycles. The molecule has 0 bridgehead atoms. The largest absolute Gasteiger partial charge is 0.508 e. The van der Waals surface area contributed by atoms with Crippen LogP contribution in [0.2, 0.25) is 0 Å². The van der Waals surface area contributed by atoms with Gasteiger partial charge in [0.05, 0.1) is 0 Å². The van der Waals surface area contributed by atoms with E-state index in [1.54, 1.807) is 6.08 Å². The number of carbonyl (C=O) groups is 1. The van der Waals surface area contributed by atoms with E-state index in [0.717, 1.165) is 36.8 Å². The molecule has 3 N–H and O–H groups in total. The van der Waals surface area contributed by atoms with Gasteiger partial charge in [-0.1, -0.05) is 32.8 Å². The van der Waals surface area contributed by atoms with Crippen LogP contribution in [0.1, 0.15) is 83.3 Å². The number of carboxylic acid groups (broad SMARTS) is 1. The molecule has 0 amide bonds. The summed E-state index contributed by atoms with van der Waals surface area (Å²) in [6.07, 6.45) is 6.61. The van der Waals surface area contributed by atoms with Crippen molar-refractivity contribution in [3.63, 3.8) is 0 Å². The number of hydrogen-bond acceptors (Lipinski definition) is 4. The highest BCUT2D eigenvalue weighted by Crippen LogP contribution is 2.55. The van der Waals surface area contributed by atoms with Crippen LogP contribution in [0.3, 0.4) is 0 Å². The second kappa shape index (κ2) is 8.02. The quantitative estimate of drug-likeness (QED) is 0.565. The molecule has 5 heteroatoms. The van der Waals surface area contributed by atoms with E-state index in [4.69, 9.17) is 9.84 Å². The minimum absolute atomic E-state index is 0.0634. The predicted octanol–water partition coefficient (Wildman–Crippen LogP) is 4.90. The molecule has 3 rings (SSSR count). The normalized spacial score (nSPS) is 22.9. The van der Waals surface area contributed by atoms with Gasteiger partial charge in [-0.25, -0.2) is 4.79 Å². The van der Waals surface area contributed by atoms with E-state index in [-0.39, 0.29) is 29.6 Å². The highest BCUT2D eigenvalue weighted by Gasteiger charge is 2.47. The number of aliphatic carboxylic acids is 1. The number of phenolic OH excluding ortho intramolecular Hbond substituents is 1. The zero-order chi connectivity index (χ0) is 21.4. The molecule has 1 heterocycles. The second-order valence-corrected chi connectivity index (χ2v) is 9.72. The van der Waals surface area contributed by atoms with Crippen molar-refractivity contribution in [2.45, 2.75) is 83.2 Å². The van der Waals surface area contributed by atoms with Crippen LogP contribution in [-0.2, 0) is 10.2 Å². The Labute approximate surface area is 173 Å². The van der Waals surface area contributed by atoms with Crippen molar-refractivity contribution in [1.29, 1.82) is 0 Å². The molecule has 2 aliphatic rings. The van der Waals surface area contributed by atoms with Gasteiger partial charge in [-0.05, 0) is 62.6 Å². The van der Waals surface area contributed by atoms with Crippen LogP contribution in [0, 0.1) is 5.92 Å². The summed E-state index contributed by atoms with van der Waals surface area (Å²) in [7, 11) is 0. The van der Waals surface area contributed by atoms with Gasteiger partial charge in [-0.2, -0.15) is 0 Å². The third kappa shape index (κ3) is 4.30. The molecule has 5 nitrogen and oxygen atoms in total. The van der Waals surface area contributed by atoms with Crippen molar-refractivity contribution in [3.05, 3.63) is 34.9 Å². The summed E-state index contributed by atoms with van der Waals surface area (Å²) in [5.74, 6) is 0.0710. The lowest BCUT2D eigenvalue weighted by Crippen LogP contribution is -2.46. The van der Waals surface area contributed by atoms with Gasteiger partial charge in [0.1, 0.15) is 17.1 Å². The van der Waals surface area contributed by atoms with Gasteiger partial charge in [-0.3, -0.25) is 0 Å². The van der Waals surface area contributed by atoms with Gasteiger partial charge < -0.3 is 20.1 Å². The van der Waals surface area contributed by atoms with Crippen molar-refractivity contribution in [3.8, 4) is 11.5 Å². The van der Waals surface area contributed by atoms with Crippen LogP contribution >= 0.6 is 0 Å². The minimum atomic E-state index is -0.880. The lowest BCUT2D eigenvalue weighted by Gasteiger charge is -2.47. The fourth-order valence-electron chi connectivity index (χ4n) is 4.96. The molecule has 0 saturated carbocycles. The summed E-state index contributed by atoms with van der Waals surface area (Å²) in [6.45, 7) is 8.65. The van der Waals surface area contributed by atoms with E-state index < -0.39 is 11.6 Å². The SMILES string of the molecule is CC(C)(CCCCCO)c1cc(O)c2c(c1)OC(C)(C)[C@@H]1CC=C(C(=O)O)C[C@@H]21. The Bertz CT molecular complexity index is 806. The maximum Gasteiger partial charge on any atom is 0.331 e. The summed E-state index contributed by atoms with van der Waals surface area (Å²) in [5.41, 5.74) is 1.62. The first kappa shape index (κ1) is 21.7. The zero-order valence-electron chi connectivity index (χ0n) is 18.0. The minimum Gasteiger partial charge on any atom is -0.508 e. The fraction of sp³-hybridized carbons (Fsp3) is 0.625. The highest BCUT2D eigenvalue weighted by atomic mass is 16.5. The maximum absolute atomic E-state index is 11.5. The molecule has 1 aromatic rings. The average molecular weight is 403 g/mol. The van der Waals surface area contributed by atoms with E-state index in [1.165, 1.54) is 0 Å². The summed E-state index contributed by atoms with van der Waals surface area (Å²) in [5, 5.41) is 29.4. The smallest absolute Gasteiger partial charge is 0.331 e. The van der Waals surface area contributed by atoms with E-state index in [1.807, 2.05) is 12.1 Å². The topological polar surface area (TPSA) is 87.0 Å². The molecule has 0 unspecified atom stereocenters. The Morgan fingerprint density at radius 1 is 1.24 bits per heavy atom. The standard InChI is InChI=1S/C24H34O5/c1-23(2,10-6-5-7-11-25)16-13-19(26)21-17-12-15(22(27)28)8-9-18(17)24(3,4)29-20(21)14-16/h8,13-14,17-18,25-26H,5-7,9-12H2,1-4H3,(H,27,28)/t17-,18-/m1/s1. The van der Waals surface area contributed by atoms with E-state index in [9.17, 15) is 15.0 Å². The Balaban J connectivity index is 1.95. The first-order chi connectivity index (χ1) is 13.6. The number of aromatic hydroxyl groups is 1. The molecular formula is C24H34O5. The van der Waals surface area contributed by atoms with Crippen molar-refractivity contribution in [2.75, 3.05) is 6.61 Å². The Morgan fingerprint density at radius 2 is 1.97 bits per heavy atom. The predicted molar refractivity (Wildman–Crippen MR) is 113 cm³/mol. The van der Waals surface area contributed by atoms with Crippen molar-refractivity contribution >= 4 is 5.97 Å². The highest BCUT2D eigenvalue weighted by molar-refractivity contribution is 5.87. The molecule has 0 saturated heterocycles. The maximum atomic E-state index is 11.5. The number of aliphatic hydroxyl groups is 1. The number of unbranched alkanes of at least 4 members (excludes halogenated alkanes) is 2. The number of fused-ring (bicyclic) bond motifs is 3. The number of aliphatic hydroxyl groups excluding tert-OH is 1. The van der Waals surface area contributed by atoms with Gasteiger partial charge in [-0.15, -0.1) is 0 Å². The molecular weight excluding hydrogens is 368 g/mol. The number of benzene rings is 1. The summed E-state index contributed by atoms with van der Waals surface area (Å²) < 4.78 is 6.37. The van der Waals surface area contributed by atoms with Crippen molar-refractivity contribution in [1.82, 2.24) is 0 Å². The van der Waals surface area contributed by atoms with Crippen LogP contribution in [0.15, 0.2) is 23.8 Å². The Morgan fingerprint density at radius 3 is 2.62 bits per heavy atom. The third-order valence-electron chi connectivity index (χ3n) is 6.82. The third-order valence-corrected chi connectivity index (χ3v) is 6.82. The zero-order valence-corrected chi connectivity index (χ0v) is 18.0. The van der Waals surface area contributed by atoms with Gasteiger partial charge in [0.25, 0.3) is 0 Å². The number of rotatable bonds is 7. The number of phenols is 1. The van der Waals surface area contributed by atoms with Crippen LogP contribution in [0.4, 0.5) is 0 Å². The summed E-state index contributed by atoms with van der Waals surface area (Å²) in [4.78, 5) is 11.5. The van der Waals surface area contributed by atoms with E-state index in [2.05, 4.69) is 27.7 Å². The van der Waals surface area contributed by atoms with Gasteiger partial charge in [0.15, 0.2) is 0 Å². The number of hydrogen-bond donors (Lipinski definition) is 3. The molecule has 29 heavy (non-hydrogen) atoms. The number of carboxylic acids is 1. The lowest BCUT2D eigenvalue weighted by molar-refractivity contribution is -0.133. The molecule has 0 spiro atoms. The van der Waals surface area contributed by atoms with E-state index in [0.29, 0.717) is 24.2 Å². The Kier molecular flexibility index (Phi) is 6.00. The molecule has 1 aliphatic carbocycles. The van der Waals surface area contributed by atoms with Crippen LogP contribution in [0.5, 0.6) is 11.5 Å². The van der Waals surface area contributed by atoms with E-state index >= 15 is 0 Å². The van der Waals surface area contributed by atoms with Crippen molar-refractivity contribution in [2.24, 2.45) is 5.92 Å². The number of ether oxygens (including phenoxy) is 1. The van der Waals surface area contributed by atoms with Gasteiger partial charge >= 0.3 is 5.97 Å². The summed E-state index contributed by atoms with van der Waals surface area (Å²) in [6, 6.07) is 3.88. The molecule has 2 atom stereocenters. The summed E-state index contributed by atoms with van der Waals surface area (Å²) >= 11 is 0. The van der Waals surface area contributed by atoms with Crippen molar-refractivity contribution < 1.29 is 24.9 Å². The van der Waals surface area contributed by atoms with Crippen LogP contribution < -0.4 is 4.74 Å². The molecule has 160 valence electrons. The number of allylic oxidation sites excluding steroid dienone is 1. The van der Waals surface area contributed by atoms with Crippen LogP contribution in [-0.4, -0.2) is 33.5 Å². The Hall–Kier alpha value is -2.01. The second-order valence-electron chi connectivity index (χ2n) is 9.72. The van der Waals surface area contributed by atoms with Gasteiger partial charge in [0, 0.05) is 29.6 Å². The lowest BCUT2D eigenvalue weighted by atomic mass is 9.66. The fourth-order valence-corrected chi connectivity index (χ4v) is 4.96. The monoisotopic (exact) mass is 402 g/mol. The molecule has 0 aromatic heterocycles. The molecule has 0 radical (unpaired) electrons. The molecule has 1 aliphatic heterocycles. The van der Waals surface area contributed by atoms with Gasteiger partial charge in [0.2, 0.25) is 0 Å². The first-order valence-electron chi connectivity index (χ1n) is 10.7. The molecule has 0 fully saturated rings.